The van der Waals surface area contributed by atoms with Crippen molar-refractivity contribution in [2.24, 2.45) is 5.92 Å². The van der Waals surface area contributed by atoms with Gasteiger partial charge in [0.2, 0.25) is 10.0 Å². The third kappa shape index (κ3) is 3.19. The molecule has 1 aromatic rings. The van der Waals surface area contributed by atoms with Crippen LogP contribution in [-0.2, 0) is 10.0 Å². The molecule has 1 heterocycles. The minimum atomic E-state index is -3.53. The third-order valence-electron chi connectivity index (χ3n) is 3.54. The summed E-state index contributed by atoms with van der Waals surface area (Å²) in [5.41, 5.74) is 5.49. The summed E-state index contributed by atoms with van der Waals surface area (Å²) in [6.45, 7) is 0.546. The van der Waals surface area contributed by atoms with Crippen LogP contribution >= 0.6 is 11.6 Å². The van der Waals surface area contributed by atoms with Crippen LogP contribution in [0.3, 0.4) is 0 Å². The van der Waals surface area contributed by atoms with Gasteiger partial charge in [0.05, 0.1) is 5.02 Å². The predicted octanol–water partition coefficient (Wildman–Crippen LogP) is 2.13. The van der Waals surface area contributed by atoms with Gasteiger partial charge in [-0.1, -0.05) is 24.4 Å². The zero-order valence-electron chi connectivity index (χ0n) is 10.8. The van der Waals surface area contributed by atoms with E-state index in [9.17, 15) is 8.42 Å². The molecule has 1 fully saturated rings. The quantitative estimate of drug-likeness (QED) is 0.924. The minimum absolute atomic E-state index is 0.0900. The summed E-state index contributed by atoms with van der Waals surface area (Å²) in [6, 6.07) is 1.35. The number of aromatic nitrogens is 1. The van der Waals surface area contributed by atoms with Gasteiger partial charge in [-0.25, -0.2) is 17.7 Å². The summed E-state index contributed by atoms with van der Waals surface area (Å²) in [5.74, 6) is 0.594. The van der Waals surface area contributed by atoms with Crippen LogP contribution in [-0.4, -0.2) is 31.3 Å². The van der Waals surface area contributed by atoms with Gasteiger partial charge in [0, 0.05) is 19.8 Å². The van der Waals surface area contributed by atoms with Crippen LogP contribution in [0.2, 0.25) is 5.02 Å². The lowest BCUT2D eigenvalue weighted by Gasteiger charge is -2.20. The number of anilines is 1. The molecule has 1 aromatic heterocycles. The van der Waals surface area contributed by atoms with E-state index in [1.807, 2.05) is 0 Å². The third-order valence-corrected chi connectivity index (χ3v) is 5.63. The largest absolute Gasteiger partial charge is 0.382 e. The van der Waals surface area contributed by atoms with Crippen molar-refractivity contribution in [1.29, 1.82) is 0 Å². The number of nitrogen functional groups attached to an aromatic ring is 1. The summed E-state index contributed by atoms with van der Waals surface area (Å²) in [7, 11) is -1.94. The smallest absolute Gasteiger partial charge is 0.244 e. The van der Waals surface area contributed by atoms with Crippen LogP contribution in [0.25, 0.3) is 0 Å². The van der Waals surface area contributed by atoms with Gasteiger partial charge < -0.3 is 5.73 Å². The maximum atomic E-state index is 12.4. The molecule has 0 aliphatic heterocycles. The van der Waals surface area contributed by atoms with Gasteiger partial charge in [-0.15, -0.1) is 0 Å². The highest BCUT2D eigenvalue weighted by Gasteiger charge is 2.26. The fraction of sp³-hybridized carbons (Fsp3) is 0.583. The van der Waals surface area contributed by atoms with Gasteiger partial charge in [0.25, 0.3) is 0 Å². The average Bonchev–Trinajstić information content (AvgIpc) is 2.85. The summed E-state index contributed by atoms with van der Waals surface area (Å²) in [4.78, 5) is 3.89. The normalized spacial score (nSPS) is 17.2. The Morgan fingerprint density at radius 2 is 2.11 bits per heavy atom. The van der Waals surface area contributed by atoms with Crippen molar-refractivity contribution in [3.8, 4) is 0 Å². The summed E-state index contributed by atoms with van der Waals surface area (Å²) < 4.78 is 26.1. The van der Waals surface area contributed by atoms with Gasteiger partial charge in [0.15, 0.2) is 0 Å². The molecular formula is C12H18ClN3O2S. The number of hydrogen-bond acceptors (Lipinski definition) is 4. The highest BCUT2D eigenvalue weighted by molar-refractivity contribution is 7.89. The Kier molecular flexibility index (Phi) is 4.32. The van der Waals surface area contributed by atoms with Gasteiger partial charge in [-0.05, 0) is 24.8 Å². The molecule has 19 heavy (non-hydrogen) atoms. The Morgan fingerprint density at radius 1 is 1.47 bits per heavy atom. The zero-order chi connectivity index (χ0) is 14.0. The van der Waals surface area contributed by atoms with Crippen LogP contribution in [0.15, 0.2) is 17.2 Å². The first kappa shape index (κ1) is 14.6. The van der Waals surface area contributed by atoms with E-state index in [1.54, 1.807) is 7.05 Å². The Hall–Kier alpha value is -0.850. The topological polar surface area (TPSA) is 76.3 Å². The Morgan fingerprint density at radius 3 is 2.68 bits per heavy atom. The van der Waals surface area contributed by atoms with Crippen molar-refractivity contribution in [1.82, 2.24) is 9.29 Å². The summed E-state index contributed by atoms with van der Waals surface area (Å²) in [5, 5.41) is 0.162. The van der Waals surface area contributed by atoms with Gasteiger partial charge in [-0.2, -0.15) is 0 Å². The molecule has 0 unspecified atom stereocenters. The lowest BCUT2D eigenvalue weighted by Crippen LogP contribution is -2.31. The fourth-order valence-electron chi connectivity index (χ4n) is 2.41. The summed E-state index contributed by atoms with van der Waals surface area (Å²) in [6.07, 6.45) is 5.82. The predicted molar refractivity (Wildman–Crippen MR) is 75.4 cm³/mol. The fourth-order valence-corrected chi connectivity index (χ4v) is 3.86. The van der Waals surface area contributed by atoms with Crippen molar-refractivity contribution in [2.45, 2.75) is 30.6 Å². The van der Waals surface area contributed by atoms with E-state index in [2.05, 4.69) is 4.98 Å². The molecule has 0 radical (unpaired) electrons. The van der Waals surface area contributed by atoms with E-state index in [4.69, 9.17) is 17.3 Å². The van der Waals surface area contributed by atoms with Gasteiger partial charge in [-0.3, -0.25) is 0 Å². The number of halogens is 1. The molecule has 0 bridgehead atoms. The van der Waals surface area contributed by atoms with E-state index >= 15 is 0 Å². The molecule has 5 nitrogen and oxygen atoms in total. The molecule has 0 aromatic carbocycles. The molecule has 1 aliphatic rings. The maximum absolute atomic E-state index is 12.4. The molecule has 7 heteroatoms. The molecular weight excluding hydrogens is 286 g/mol. The second-order valence-electron chi connectivity index (χ2n) is 4.97. The van der Waals surface area contributed by atoms with Gasteiger partial charge in [0.1, 0.15) is 10.7 Å². The van der Waals surface area contributed by atoms with E-state index in [0.29, 0.717) is 12.5 Å². The first-order valence-corrected chi connectivity index (χ1v) is 8.10. The van der Waals surface area contributed by atoms with Crippen LogP contribution in [0, 0.1) is 5.92 Å². The first-order valence-electron chi connectivity index (χ1n) is 6.28. The van der Waals surface area contributed by atoms with Gasteiger partial charge >= 0.3 is 0 Å². The van der Waals surface area contributed by atoms with Crippen LogP contribution < -0.4 is 5.73 Å². The van der Waals surface area contributed by atoms with Crippen molar-refractivity contribution in [3.63, 3.8) is 0 Å². The lowest BCUT2D eigenvalue weighted by molar-refractivity contribution is 0.387. The average molecular weight is 304 g/mol. The standard InChI is InChI=1S/C12H18ClN3O2S/c1-16(8-9-4-2-3-5-9)19(17,18)10-6-11(13)12(14)15-7-10/h6-7,9H,2-5,8H2,1H3,(H2,14,15). The molecule has 0 amide bonds. The van der Waals surface area contributed by atoms with Crippen molar-refractivity contribution >= 4 is 27.4 Å². The second-order valence-corrected chi connectivity index (χ2v) is 7.43. The number of nitrogens with two attached hydrogens (primary N) is 1. The number of rotatable bonds is 4. The van der Waals surface area contributed by atoms with Crippen molar-refractivity contribution in [3.05, 3.63) is 17.3 Å². The molecule has 2 N–H and O–H groups in total. The Balaban J connectivity index is 2.18. The lowest BCUT2D eigenvalue weighted by atomic mass is 10.1. The van der Waals surface area contributed by atoms with Crippen molar-refractivity contribution in [2.75, 3.05) is 19.3 Å². The maximum Gasteiger partial charge on any atom is 0.244 e. The monoisotopic (exact) mass is 303 g/mol. The second kappa shape index (κ2) is 5.64. The Bertz CT molecular complexity index is 556. The summed E-state index contributed by atoms with van der Waals surface area (Å²) >= 11 is 5.82. The van der Waals surface area contributed by atoms with E-state index < -0.39 is 10.0 Å². The molecule has 0 spiro atoms. The van der Waals surface area contributed by atoms with Crippen LogP contribution in [0.1, 0.15) is 25.7 Å². The van der Waals surface area contributed by atoms with E-state index in [-0.39, 0.29) is 15.7 Å². The Labute approximate surface area is 118 Å². The minimum Gasteiger partial charge on any atom is -0.382 e. The highest BCUT2D eigenvalue weighted by atomic mass is 35.5. The van der Waals surface area contributed by atoms with Crippen LogP contribution in [0.4, 0.5) is 5.82 Å². The van der Waals surface area contributed by atoms with E-state index in [0.717, 1.165) is 12.8 Å². The number of pyridine rings is 1. The first-order chi connectivity index (χ1) is 8.91. The number of hydrogen-bond donors (Lipinski definition) is 1. The molecule has 2 rings (SSSR count). The van der Waals surface area contributed by atoms with Crippen LogP contribution in [0.5, 0.6) is 0 Å². The van der Waals surface area contributed by atoms with Crippen molar-refractivity contribution < 1.29 is 8.42 Å². The number of sulfonamides is 1. The highest BCUT2D eigenvalue weighted by Crippen LogP contribution is 2.27. The SMILES string of the molecule is CN(CC1CCCC1)S(=O)(=O)c1cnc(N)c(Cl)c1. The molecule has 0 saturated heterocycles. The molecule has 106 valence electrons. The number of nitrogens with zero attached hydrogens (tertiary/aromatic N) is 2. The van der Waals surface area contributed by atoms with E-state index in [1.165, 1.54) is 29.4 Å². The zero-order valence-corrected chi connectivity index (χ0v) is 12.4. The molecule has 1 saturated carbocycles. The molecule has 1 aliphatic carbocycles. The molecule has 0 atom stereocenters.